The van der Waals surface area contributed by atoms with E-state index in [0.29, 0.717) is 42.6 Å². The zero-order chi connectivity index (χ0) is 14.5. The van der Waals surface area contributed by atoms with Crippen LogP contribution in [0.5, 0.6) is 0 Å². The summed E-state index contributed by atoms with van der Waals surface area (Å²) in [6.07, 6.45) is 0. The van der Waals surface area contributed by atoms with Crippen molar-refractivity contribution in [2.45, 2.75) is 13.0 Å². The molecule has 1 fully saturated rings. The maximum atomic E-state index is 12.3. The molecule has 106 valence electrons. The van der Waals surface area contributed by atoms with Crippen LogP contribution in [-0.4, -0.2) is 43.2 Å². The first-order valence-corrected chi connectivity index (χ1v) is 6.82. The summed E-state index contributed by atoms with van der Waals surface area (Å²) < 4.78 is 5.23. The van der Waals surface area contributed by atoms with Crippen LogP contribution in [0, 0.1) is 11.3 Å². The Labute approximate surface area is 123 Å². The molecule has 0 spiro atoms. The Hall–Kier alpha value is -1.77. The van der Waals surface area contributed by atoms with E-state index in [4.69, 9.17) is 21.6 Å². The second-order valence-electron chi connectivity index (χ2n) is 4.61. The summed E-state index contributed by atoms with van der Waals surface area (Å²) >= 11 is 5.92. The molecule has 1 amide bonds. The van der Waals surface area contributed by atoms with Crippen LogP contribution in [-0.2, 0) is 9.53 Å². The Morgan fingerprint density at radius 1 is 1.50 bits per heavy atom. The molecule has 0 bridgehead atoms. The molecular formula is C14H16ClN3O2. The van der Waals surface area contributed by atoms with Gasteiger partial charge in [-0.1, -0.05) is 11.6 Å². The van der Waals surface area contributed by atoms with Gasteiger partial charge in [-0.3, -0.25) is 4.79 Å². The van der Waals surface area contributed by atoms with E-state index in [1.807, 2.05) is 0 Å². The van der Waals surface area contributed by atoms with Crippen molar-refractivity contribution in [3.05, 3.63) is 28.8 Å². The van der Waals surface area contributed by atoms with Crippen LogP contribution in [0.15, 0.2) is 18.2 Å². The van der Waals surface area contributed by atoms with E-state index in [1.54, 1.807) is 30.0 Å². The van der Waals surface area contributed by atoms with E-state index in [2.05, 4.69) is 11.4 Å². The summed E-state index contributed by atoms with van der Waals surface area (Å²) in [5, 5.41) is 12.7. The van der Waals surface area contributed by atoms with Gasteiger partial charge in [-0.2, -0.15) is 5.26 Å². The number of hydrogen-bond donors (Lipinski definition) is 1. The van der Waals surface area contributed by atoms with Crippen molar-refractivity contribution in [3.63, 3.8) is 0 Å². The first-order valence-electron chi connectivity index (χ1n) is 6.44. The van der Waals surface area contributed by atoms with Crippen LogP contribution in [0.1, 0.15) is 12.5 Å². The molecule has 0 radical (unpaired) electrons. The zero-order valence-electron chi connectivity index (χ0n) is 11.2. The molecule has 6 heteroatoms. The average Bonchev–Trinajstić information content (AvgIpc) is 2.47. The number of amides is 1. The van der Waals surface area contributed by atoms with Crippen molar-refractivity contribution in [1.82, 2.24) is 4.90 Å². The van der Waals surface area contributed by atoms with E-state index in [-0.39, 0.29) is 5.91 Å². The summed E-state index contributed by atoms with van der Waals surface area (Å²) in [4.78, 5) is 14.0. The highest BCUT2D eigenvalue weighted by Crippen LogP contribution is 2.21. The molecular weight excluding hydrogens is 278 g/mol. The van der Waals surface area contributed by atoms with Gasteiger partial charge in [0.1, 0.15) is 12.1 Å². The number of nitriles is 1. The third-order valence-corrected chi connectivity index (χ3v) is 3.40. The second-order valence-corrected chi connectivity index (χ2v) is 5.04. The minimum atomic E-state index is -0.418. The van der Waals surface area contributed by atoms with Gasteiger partial charge in [0, 0.05) is 18.1 Å². The number of hydrogen-bond acceptors (Lipinski definition) is 4. The Kier molecular flexibility index (Phi) is 4.83. The molecule has 0 aliphatic carbocycles. The quantitative estimate of drug-likeness (QED) is 0.924. The lowest BCUT2D eigenvalue weighted by atomic mass is 10.1. The van der Waals surface area contributed by atoms with Crippen LogP contribution in [0.2, 0.25) is 5.02 Å². The molecule has 0 saturated carbocycles. The average molecular weight is 294 g/mol. The van der Waals surface area contributed by atoms with Crippen LogP contribution in [0.4, 0.5) is 5.69 Å². The van der Waals surface area contributed by atoms with Crippen LogP contribution in [0.3, 0.4) is 0 Å². The highest BCUT2D eigenvalue weighted by molar-refractivity contribution is 6.30. The molecule has 20 heavy (non-hydrogen) atoms. The number of anilines is 1. The predicted molar refractivity (Wildman–Crippen MR) is 76.7 cm³/mol. The van der Waals surface area contributed by atoms with Gasteiger partial charge in [0.2, 0.25) is 5.91 Å². The lowest BCUT2D eigenvalue weighted by molar-refractivity contribution is -0.135. The number of morpholine rings is 1. The Bertz CT molecular complexity index is 536. The highest BCUT2D eigenvalue weighted by Gasteiger charge is 2.22. The highest BCUT2D eigenvalue weighted by atomic mass is 35.5. The minimum Gasteiger partial charge on any atom is -0.378 e. The van der Waals surface area contributed by atoms with Crippen molar-refractivity contribution < 1.29 is 9.53 Å². The predicted octanol–water partition coefficient (Wildman–Crippen LogP) is 1.87. The fraction of sp³-hybridized carbons (Fsp3) is 0.429. The first-order chi connectivity index (χ1) is 9.61. The monoisotopic (exact) mass is 293 g/mol. The molecule has 1 aromatic rings. The molecule has 1 aromatic carbocycles. The Balaban J connectivity index is 2.07. The van der Waals surface area contributed by atoms with Gasteiger partial charge in [-0.25, -0.2) is 0 Å². The third kappa shape index (κ3) is 3.41. The zero-order valence-corrected chi connectivity index (χ0v) is 12.0. The van der Waals surface area contributed by atoms with E-state index < -0.39 is 6.04 Å². The van der Waals surface area contributed by atoms with Gasteiger partial charge < -0.3 is 15.0 Å². The molecule has 1 aliphatic rings. The van der Waals surface area contributed by atoms with Crippen molar-refractivity contribution in [2.24, 2.45) is 0 Å². The van der Waals surface area contributed by atoms with Crippen LogP contribution >= 0.6 is 11.6 Å². The second kappa shape index (κ2) is 6.60. The van der Waals surface area contributed by atoms with E-state index >= 15 is 0 Å². The van der Waals surface area contributed by atoms with Crippen molar-refractivity contribution in [1.29, 1.82) is 5.26 Å². The maximum absolute atomic E-state index is 12.3. The fourth-order valence-corrected chi connectivity index (χ4v) is 2.26. The summed E-state index contributed by atoms with van der Waals surface area (Å²) in [6.45, 7) is 4.12. The summed E-state index contributed by atoms with van der Waals surface area (Å²) in [7, 11) is 0. The molecule has 1 unspecified atom stereocenters. The molecule has 1 aliphatic heterocycles. The van der Waals surface area contributed by atoms with Gasteiger partial charge in [0.05, 0.1) is 24.5 Å². The third-order valence-electron chi connectivity index (χ3n) is 3.17. The Morgan fingerprint density at radius 2 is 2.20 bits per heavy atom. The van der Waals surface area contributed by atoms with Gasteiger partial charge in [0.15, 0.2) is 0 Å². The minimum absolute atomic E-state index is 0.00262. The molecule has 1 N–H and O–H groups in total. The molecule has 5 nitrogen and oxygen atoms in total. The van der Waals surface area contributed by atoms with E-state index in [9.17, 15) is 4.79 Å². The van der Waals surface area contributed by atoms with Crippen LogP contribution < -0.4 is 5.32 Å². The number of ether oxygens (including phenoxy) is 1. The van der Waals surface area contributed by atoms with Gasteiger partial charge >= 0.3 is 0 Å². The maximum Gasteiger partial charge on any atom is 0.244 e. The summed E-state index contributed by atoms with van der Waals surface area (Å²) in [5.74, 6) is -0.00262. The lowest BCUT2D eigenvalue weighted by Crippen LogP contribution is -2.47. The van der Waals surface area contributed by atoms with Crippen molar-refractivity contribution in [3.8, 4) is 6.07 Å². The first kappa shape index (κ1) is 14.6. The van der Waals surface area contributed by atoms with Gasteiger partial charge in [-0.05, 0) is 25.1 Å². The summed E-state index contributed by atoms with van der Waals surface area (Å²) in [6, 6.07) is 6.61. The van der Waals surface area contributed by atoms with E-state index in [1.165, 1.54) is 0 Å². The number of halogens is 1. The number of nitrogens with one attached hydrogen (secondary N) is 1. The normalized spacial score (nSPS) is 16.4. The number of carbonyl (C=O) groups excluding carboxylic acids is 1. The largest absolute Gasteiger partial charge is 0.378 e. The smallest absolute Gasteiger partial charge is 0.244 e. The Morgan fingerprint density at radius 3 is 2.85 bits per heavy atom. The van der Waals surface area contributed by atoms with Gasteiger partial charge in [-0.15, -0.1) is 0 Å². The molecule has 0 aromatic heterocycles. The van der Waals surface area contributed by atoms with Crippen LogP contribution in [0.25, 0.3) is 0 Å². The topological polar surface area (TPSA) is 65.4 Å². The SMILES string of the molecule is CC(Nc1cc(Cl)ccc1C#N)C(=O)N1CCOCC1. The van der Waals surface area contributed by atoms with E-state index in [0.717, 1.165) is 0 Å². The molecule has 1 atom stereocenters. The fourth-order valence-electron chi connectivity index (χ4n) is 2.09. The van der Waals surface area contributed by atoms with Crippen molar-refractivity contribution >= 4 is 23.2 Å². The number of carbonyl (C=O) groups is 1. The number of nitrogens with zero attached hydrogens (tertiary/aromatic N) is 2. The molecule has 2 rings (SSSR count). The molecule has 1 saturated heterocycles. The number of rotatable bonds is 3. The summed E-state index contributed by atoms with van der Waals surface area (Å²) in [5.41, 5.74) is 1.05. The van der Waals surface area contributed by atoms with Crippen molar-refractivity contribution in [2.75, 3.05) is 31.6 Å². The number of benzene rings is 1. The lowest BCUT2D eigenvalue weighted by Gasteiger charge is -2.29. The van der Waals surface area contributed by atoms with Gasteiger partial charge in [0.25, 0.3) is 0 Å². The standard InChI is InChI=1S/C14H16ClN3O2/c1-10(14(19)18-4-6-20-7-5-18)17-13-8-12(15)3-2-11(13)9-16/h2-3,8,10,17H,4-7H2,1H3. The molecule has 1 heterocycles.